The summed E-state index contributed by atoms with van der Waals surface area (Å²) in [6, 6.07) is 10.4. The molecule has 0 atom stereocenters. The number of nitrogens with zero attached hydrogens (tertiary/aromatic N) is 1. The van der Waals surface area contributed by atoms with E-state index in [1.165, 1.54) is 43.5 Å². The highest BCUT2D eigenvalue weighted by atomic mass is 79.9. The molecular formula is C18H15BrN4O5S. The molecule has 2 rings (SSSR count). The second kappa shape index (κ2) is 10.3. The Balaban J connectivity index is 1.83. The fourth-order valence-electron chi connectivity index (χ4n) is 2.06. The lowest BCUT2D eigenvalue weighted by Gasteiger charge is -2.10. The number of non-ortho nitro benzene ring substituents is 1. The van der Waals surface area contributed by atoms with E-state index >= 15 is 0 Å². The maximum absolute atomic E-state index is 12.1. The van der Waals surface area contributed by atoms with E-state index in [9.17, 15) is 19.7 Å². The summed E-state index contributed by atoms with van der Waals surface area (Å²) in [5.41, 5.74) is 5.69. The van der Waals surface area contributed by atoms with Gasteiger partial charge in [0.1, 0.15) is 5.75 Å². The van der Waals surface area contributed by atoms with Gasteiger partial charge in [-0.2, -0.15) is 0 Å². The van der Waals surface area contributed by atoms with Gasteiger partial charge in [-0.25, -0.2) is 0 Å². The minimum Gasteiger partial charge on any atom is -0.496 e. The Kier molecular flexibility index (Phi) is 7.80. The molecule has 0 fully saturated rings. The maximum Gasteiger partial charge on any atom is 0.269 e. The molecule has 2 aromatic rings. The lowest BCUT2D eigenvalue weighted by atomic mass is 10.2. The number of carbonyl (C=O) groups is 2. The molecule has 11 heteroatoms. The molecule has 2 amide bonds. The van der Waals surface area contributed by atoms with Crippen LogP contribution in [-0.2, 0) is 4.79 Å². The largest absolute Gasteiger partial charge is 0.496 e. The van der Waals surface area contributed by atoms with Crippen LogP contribution in [0.1, 0.15) is 15.9 Å². The number of hydrogen-bond acceptors (Lipinski definition) is 6. The zero-order chi connectivity index (χ0) is 21.4. The first-order chi connectivity index (χ1) is 13.8. The van der Waals surface area contributed by atoms with E-state index in [0.717, 1.165) is 0 Å². The van der Waals surface area contributed by atoms with Crippen molar-refractivity contribution in [1.29, 1.82) is 0 Å². The van der Waals surface area contributed by atoms with E-state index in [-0.39, 0.29) is 10.8 Å². The monoisotopic (exact) mass is 478 g/mol. The summed E-state index contributed by atoms with van der Waals surface area (Å²) in [6.07, 6.45) is 2.67. The summed E-state index contributed by atoms with van der Waals surface area (Å²) in [5, 5.41) is 12.9. The minimum atomic E-state index is -0.540. The molecule has 0 bridgehead atoms. The van der Waals surface area contributed by atoms with Gasteiger partial charge in [0.15, 0.2) is 5.11 Å². The van der Waals surface area contributed by atoms with Gasteiger partial charge in [-0.15, -0.1) is 0 Å². The number of benzene rings is 2. The maximum atomic E-state index is 12.1. The Hall–Kier alpha value is -3.31. The van der Waals surface area contributed by atoms with Crippen molar-refractivity contribution in [3.63, 3.8) is 0 Å². The molecule has 0 aliphatic heterocycles. The number of halogens is 1. The third kappa shape index (κ3) is 6.66. The second-order valence-corrected chi connectivity index (χ2v) is 6.69. The summed E-state index contributed by atoms with van der Waals surface area (Å²) in [4.78, 5) is 34.1. The van der Waals surface area contributed by atoms with Crippen LogP contribution in [0.5, 0.6) is 5.75 Å². The molecule has 0 saturated carbocycles. The predicted molar refractivity (Wildman–Crippen MR) is 114 cm³/mol. The molecule has 9 nitrogen and oxygen atoms in total. The molecule has 150 valence electrons. The Morgan fingerprint density at radius 1 is 1.17 bits per heavy atom. The Bertz CT molecular complexity index is 979. The summed E-state index contributed by atoms with van der Waals surface area (Å²) in [7, 11) is 1.51. The van der Waals surface area contributed by atoms with Crippen molar-refractivity contribution in [3.05, 3.63) is 74.3 Å². The van der Waals surface area contributed by atoms with Crippen LogP contribution in [0.15, 0.2) is 53.0 Å². The average molecular weight is 479 g/mol. The van der Waals surface area contributed by atoms with Crippen molar-refractivity contribution in [2.75, 3.05) is 7.11 Å². The number of hydrazine groups is 1. The summed E-state index contributed by atoms with van der Waals surface area (Å²) < 4.78 is 5.71. The first kappa shape index (κ1) is 22.0. The van der Waals surface area contributed by atoms with Gasteiger partial charge in [0.2, 0.25) is 5.91 Å². The standard InChI is InChI=1S/C18H15BrN4O5S/c1-28-15-8-5-12(10-14(15)19)17(25)21-22-18(29)20-16(24)9-4-11-2-6-13(7-3-11)23(26)27/h2-10H,1H3,(H,21,25)(H2,20,22,24,29)/b9-4+. The molecule has 0 spiro atoms. The number of nitro benzene ring substituents is 1. The zero-order valence-corrected chi connectivity index (χ0v) is 17.4. The lowest BCUT2D eigenvalue weighted by molar-refractivity contribution is -0.384. The molecule has 0 radical (unpaired) electrons. The molecule has 0 unspecified atom stereocenters. The lowest BCUT2D eigenvalue weighted by Crippen LogP contribution is -2.48. The van der Waals surface area contributed by atoms with Crippen LogP contribution in [0.2, 0.25) is 0 Å². The molecule has 0 aromatic heterocycles. The van der Waals surface area contributed by atoms with Crippen LogP contribution in [0, 0.1) is 10.1 Å². The highest BCUT2D eigenvalue weighted by Gasteiger charge is 2.10. The zero-order valence-electron chi connectivity index (χ0n) is 15.0. The van der Waals surface area contributed by atoms with E-state index < -0.39 is 16.7 Å². The Morgan fingerprint density at radius 2 is 1.86 bits per heavy atom. The van der Waals surface area contributed by atoms with Gasteiger partial charge in [0, 0.05) is 23.8 Å². The first-order valence-electron chi connectivity index (χ1n) is 7.97. The van der Waals surface area contributed by atoms with Gasteiger partial charge in [-0.1, -0.05) is 0 Å². The molecule has 0 aliphatic carbocycles. The average Bonchev–Trinajstić information content (AvgIpc) is 2.70. The van der Waals surface area contributed by atoms with Gasteiger partial charge in [-0.05, 0) is 70.1 Å². The van der Waals surface area contributed by atoms with Crippen LogP contribution in [0.4, 0.5) is 5.69 Å². The van der Waals surface area contributed by atoms with Crippen LogP contribution >= 0.6 is 28.1 Å². The van der Waals surface area contributed by atoms with Crippen molar-refractivity contribution in [1.82, 2.24) is 16.2 Å². The minimum absolute atomic E-state index is 0.0448. The number of nitrogens with one attached hydrogen (secondary N) is 3. The number of carbonyl (C=O) groups excluding carboxylic acids is 2. The third-order valence-electron chi connectivity index (χ3n) is 3.47. The van der Waals surface area contributed by atoms with Crippen molar-refractivity contribution in [2.45, 2.75) is 0 Å². The van der Waals surface area contributed by atoms with Gasteiger partial charge in [0.05, 0.1) is 16.5 Å². The summed E-state index contributed by atoms with van der Waals surface area (Å²) in [5.74, 6) is -0.425. The van der Waals surface area contributed by atoms with Crippen LogP contribution in [0.25, 0.3) is 6.08 Å². The molecule has 0 saturated heterocycles. The van der Waals surface area contributed by atoms with Crippen molar-refractivity contribution in [2.24, 2.45) is 0 Å². The number of ether oxygens (including phenoxy) is 1. The number of rotatable bonds is 5. The number of thiocarbonyl (C=S) groups is 1. The van der Waals surface area contributed by atoms with E-state index in [2.05, 4.69) is 32.1 Å². The van der Waals surface area contributed by atoms with Crippen molar-refractivity contribution >= 4 is 56.8 Å². The number of amides is 2. The Labute approximate surface area is 179 Å². The quantitative estimate of drug-likeness (QED) is 0.261. The highest BCUT2D eigenvalue weighted by Crippen LogP contribution is 2.25. The van der Waals surface area contributed by atoms with Gasteiger partial charge in [-0.3, -0.25) is 35.9 Å². The third-order valence-corrected chi connectivity index (χ3v) is 4.30. The molecule has 3 N–H and O–H groups in total. The molecule has 2 aromatic carbocycles. The summed E-state index contributed by atoms with van der Waals surface area (Å²) in [6.45, 7) is 0. The molecular weight excluding hydrogens is 464 g/mol. The van der Waals surface area contributed by atoms with Crippen LogP contribution in [-0.4, -0.2) is 29.0 Å². The van der Waals surface area contributed by atoms with Gasteiger partial charge < -0.3 is 4.74 Å². The van der Waals surface area contributed by atoms with Crippen molar-refractivity contribution in [3.8, 4) is 5.75 Å². The number of hydrogen-bond donors (Lipinski definition) is 3. The van der Waals surface area contributed by atoms with Gasteiger partial charge in [0.25, 0.3) is 11.6 Å². The molecule has 0 heterocycles. The van der Waals surface area contributed by atoms with Crippen LogP contribution < -0.4 is 20.9 Å². The molecule has 0 aliphatic rings. The van der Waals surface area contributed by atoms with E-state index in [1.54, 1.807) is 18.2 Å². The van der Waals surface area contributed by atoms with E-state index in [0.29, 0.717) is 21.3 Å². The fourth-order valence-corrected chi connectivity index (χ4v) is 2.75. The topological polar surface area (TPSA) is 123 Å². The van der Waals surface area contributed by atoms with Crippen molar-refractivity contribution < 1.29 is 19.2 Å². The second-order valence-electron chi connectivity index (χ2n) is 5.43. The predicted octanol–water partition coefficient (Wildman–Crippen LogP) is 2.71. The number of nitro groups is 1. The van der Waals surface area contributed by atoms with E-state index in [4.69, 9.17) is 17.0 Å². The van der Waals surface area contributed by atoms with E-state index in [1.807, 2.05) is 0 Å². The summed E-state index contributed by atoms with van der Waals surface area (Å²) >= 11 is 8.23. The molecule has 29 heavy (non-hydrogen) atoms. The normalized spacial score (nSPS) is 10.3. The SMILES string of the molecule is COc1ccc(C(=O)NNC(=S)NC(=O)/C=C/c2ccc([N+](=O)[O-])cc2)cc1Br. The Morgan fingerprint density at radius 3 is 2.45 bits per heavy atom. The first-order valence-corrected chi connectivity index (χ1v) is 9.17. The van der Waals surface area contributed by atoms with Crippen LogP contribution in [0.3, 0.4) is 0 Å². The number of methoxy groups -OCH3 is 1. The fraction of sp³-hybridized carbons (Fsp3) is 0.0556. The highest BCUT2D eigenvalue weighted by molar-refractivity contribution is 9.10. The van der Waals surface area contributed by atoms with Gasteiger partial charge >= 0.3 is 0 Å². The smallest absolute Gasteiger partial charge is 0.269 e.